The number of ether oxygens (including phenoxy) is 1. The number of H-pyrrole nitrogens is 1. The van der Waals surface area contributed by atoms with Gasteiger partial charge in [-0.25, -0.2) is 0 Å². The second-order valence-corrected chi connectivity index (χ2v) is 4.91. The summed E-state index contributed by atoms with van der Waals surface area (Å²) in [5.74, 6) is 0.513. The summed E-state index contributed by atoms with van der Waals surface area (Å²) in [6.07, 6.45) is 0. The molecule has 0 atom stereocenters. The number of anilines is 1. The Morgan fingerprint density at radius 3 is 2.76 bits per heavy atom. The van der Waals surface area contributed by atoms with E-state index in [1.165, 1.54) is 0 Å². The molecule has 1 heterocycles. The van der Waals surface area contributed by atoms with E-state index in [9.17, 15) is 4.79 Å². The van der Waals surface area contributed by atoms with Crippen LogP contribution in [0.15, 0.2) is 48.5 Å². The molecule has 0 bridgehead atoms. The Morgan fingerprint density at radius 1 is 1.14 bits per heavy atom. The topological polar surface area (TPSA) is 54.1 Å². The number of hydrogen-bond acceptors (Lipinski definition) is 2. The molecule has 2 aromatic carbocycles. The number of aryl methyl sites for hydroxylation is 1. The van der Waals surface area contributed by atoms with Gasteiger partial charge in [-0.15, -0.1) is 0 Å². The lowest BCUT2D eigenvalue weighted by molar-refractivity contribution is 0.102. The van der Waals surface area contributed by atoms with E-state index in [4.69, 9.17) is 4.74 Å². The van der Waals surface area contributed by atoms with Crippen LogP contribution in [0.4, 0.5) is 5.69 Å². The van der Waals surface area contributed by atoms with E-state index < -0.39 is 0 Å². The van der Waals surface area contributed by atoms with Crippen molar-refractivity contribution < 1.29 is 9.53 Å². The minimum absolute atomic E-state index is 0.153. The molecule has 0 fully saturated rings. The fourth-order valence-electron chi connectivity index (χ4n) is 2.36. The Labute approximate surface area is 122 Å². The zero-order valence-electron chi connectivity index (χ0n) is 11.9. The molecule has 0 aliphatic carbocycles. The molecule has 0 aliphatic rings. The van der Waals surface area contributed by atoms with Crippen LogP contribution in [0.2, 0.25) is 0 Å². The van der Waals surface area contributed by atoms with E-state index in [2.05, 4.69) is 10.3 Å². The molecular formula is C17H16N2O2. The van der Waals surface area contributed by atoms with Crippen LogP contribution in [-0.2, 0) is 0 Å². The van der Waals surface area contributed by atoms with E-state index >= 15 is 0 Å². The second-order valence-electron chi connectivity index (χ2n) is 4.91. The molecule has 3 aromatic rings. The summed E-state index contributed by atoms with van der Waals surface area (Å²) in [7, 11) is 1.58. The van der Waals surface area contributed by atoms with Crippen molar-refractivity contribution in [2.24, 2.45) is 0 Å². The Hall–Kier alpha value is -2.75. The monoisotopic (exact) mass is 280 g/mol. The molecule has 1 amide bonds. The van der Waals surface area contributed by atoms with Gasteiger partial charge in [0.2, 0.25) is 0 Å². The summed E-state index contributed by atoms with van der Waals surface area (Å²) in [4.78, 5) is 15.6. The Bertz CT molecular complexity index is 805. The molecule has 0 spiro atoms. The summed E-state index contributed by atoms with van der Waals surface area (Å²) in [5.41, 5.74) is 3.44. The lowest BCUT2D eigenvalue weighted by Crippen LogP contribution is -2.12. The van der Waals surface area contributed by atoms with Crippen LogP contribution in [0.3, 0.4) is 0 Å². The number of fused-ring (bicyclic) bond motifs is 1. The van der Waals surface area contributed by atoms with Crippen LogP contribution in [0.5, 0.6) is 5.75 Å². The summed E-state index contributed by atoms with van der Waals surface area (Å²) in [6.45, 7) is 1.99. The lowest BCUT2D eigenvalue weighted by Gasteiger charge is -2.07. The van der Waals surface area contributed by atoms with E-state index in [0.29, 0.717) is 11.3 Å². The number of benzene rings is 2. The Morgan fingerprint density at radius 2 is 1.95 bits per heavy atom. The van der Waals surface area contributed by atoms with Crippen LogP contribution >= 0.6 is 0 Å². The Kier molecular flexibility index (Phi) is 3.36. The van der Waals surface area contributed by atoms with Crippen molar-refractivity contribution in [2.75, 3.05) is 12.4 Å². The first-order chi connectivity index (χ1) is 10.2. The fourth-order valence-corrected chi connectivity index (χ4v) is 2.36. The molecule has 4 nitrogen and oxygen atoms in total. The summed E-state index contributed by atoms with van der Waals surface area (Å²) < 4.78 is 5.14. The standard InChI is InChI=1S/C17H16N2O2/c1-11-9-14-15(18-11)7-4-8-16(14)19-17(20)12-5-3-6-13(10-12)21-2/h3-10,18H,1-2H3,(H,19,20). The third kappa shape index (κ3) is 2.60. The molecule has 4 heteroatoms. The number of aromatic amines is 1. The summed E-state index contributed by atoms with van der Waals surface area (Å²) >= 11 is 0. The molecule has 0 saturated carbocycles. The predicted octanol–water partition coefficient (Wildman–Crippen LogP) is 3.74. The molecule has 2 N–H and O–H groups in total. The van der Waals surface area contributed by atoms with Crippen LogP contribution < -0.4 is 10.1 Å². The number of nitrogens with one attached hydrogen (secondary N) is 2. The number of methoxy groups -OCH3 is 1. The van der Waals surface area contributed by atoms with E-state index in [1.54, 1.807) is 25.3 Å². The van der Waals surface area contributed by atoms with Gasteiger partial charge in [-0.1, -0.05) is 12.1 Å². The first kappa shape index (κ1) is 13.2. The highest BCUT2D eigenvalue weighted by atomic mass is 16.5. The van der Waals surface area contributed by atoms with Crippen LogP contribution in [0.25, 0.3) is 10.9 Å². The third-order valence-corrected chi connectivity index (χ3v) is 3.38. The number of rotatable bonds is 3. The van der Waals surface area contributed by atoms with Crippen molar-refractivity contribution in [1.29, 1.82) is 0 Å². The van der Waals surface area contributed by atoms with Crippen molar-refractivity contribution in [3.8, 4) is 5.75 Å². The van der Waals surface area contributed by atoms with Gasteiger partial charge in [0.25, 0.3) is 5.91 Å². The van der Waals surface area contributed by atoms with Gasteiger partial charge in [0, 0.05) is 22.2 Å². The highest BCUT2D eigenvalue weighted by Gasteiger charge is 2.10. The van der Waals surface area contributed by atoms with Crippen LogP contribution in [-0.4, -0.2) is 18.0 Å². The molecular weight excluding hydrogens is 264 g/mol. The molecule has 21 heavy (non-hydrogen) atoms. The minimum atomic E-state index is -0.153. The van der Waals surface area contributed by atoms with Crippen molar-refractivity contribution >= 4 is 22.5 Å². The number of carbonyl (C=O) groups is 1. The van der Waals surface area contributed by atoms with Crippen LogP contribution in [0.1, 0.15) is 16.1 Å². The number of aromatic nitrogens is 1. The molecule has 1 aromatic heterocycles. The highest BCUT2D eigenvalue weighted by Crippen LogP contribution is 2.25. The molecule has 0 aliphatic heterocycles. The third-order valence-electron chi connectivity index (χ3n) is 3.38. The maximum Gasteiger partial charge on any atom is 0.255 e. The first-order valence-electron chi connectivity index (χ1n) is 6.71. The normalized spacial score (nSPS) is 10.6. The molecule has 0 unspecified atom stereocenters. The maximum atomic E-state index is 12.4. The zero-order chi connectivity index (χ0) is 14.8. The smallest absolute Gasteiger partial charge is 0.255 e. The van der Waals surface area contributed by atoms with Crippen molar-refractivity contribution in [3.05, 3.63) is 59.8 Å². The number of carbonyl (C=O) groups excluding carboxylic acids is 1. The Balaban J connectivity index is 1.92. The number of amides is 1. The van der Waals surface area contributed by atoms with Gasteiger partial charge in [-0.3, -0.25) is 4.79 Å². The summed E-state index contributed by atoms with van der Waals surface area (Å²) in [6, 6.07) is 14.9. The van der Waals surface area contributed by atoms with Crippen molar-refractivity contribution in [3.63, 3.8) is 0 Å². The van der Waals surface area contributed by atoms with E-state index in [0.717, 1.165) is 22.3 Å². The molecule has 3 rings (SSSR count). The SMILES string of the molecule is COc1cccc(C(=O)Nc2cccc3[nH]c(C)cc23)c1. The molecule has 0 saturated heterocycles. The average molecular weight is 280 g/mol. The minimum Gasteiger partial charge on any atom is -0.497 e. The van der Waals surface area contributed by atoms with Gasteiger partial charge in [0.05, 0.1) is 12.8 Å². The van der Waals surface area contributed by atoms with E-state index in [1.807, 2.05) is 37.3 Å². The van der Waals surface area contributed by atoms with Gasteiger partial charge < -0.3 is 15.0 Å². The average Bonchev–Trinajstić information content (AvgIpc) is 2.88. The highest BCUT2D eigenvalue weighted by molar-refractivity contribution is 6.09. The van der Waals surface area contributed by atoms with Gasteiger partial charge >= 0.3 is 0 Å². The molecule has 0 radical (unpaired) electrons. The van der Waals surface area contributed by atoms with E-state index in [-0.39, 0.29) is 5.91 Å². The second kappa shape index (κ2) is 5.32. The quantitative estimate of drug-likeness (QED) is 0.768. The predicted molar refractivity (Wildman–Crippen MR) is 84.0 cm³/mol. The largest absolute Gasteiger partial charge is 0.497 e. The zero-order valence-corrected chi connectivity index (χ0v) is 11.9. The van der Waals surface area contributed by atoms with Gasteiger partial charge in [0.1, 0.15) is 5.75 Å². The summed E-state index contributed by atoms with van der Waals surface area (Å²) in [5, 5.41) is 3.96. The van der Waals surface area contributed by atoms with Crippen molar-refractivity contribution in [2.45, 2.75) is 6.92 Å². The molecule has 106 valence electrons. The van der Waals surface area contributed by atoms with Gasteiger partial charge in [-0.2, -0.15) is 0 Å². The number of hydrogen-bond donors (Lipinski definition) is 2. The van der Waals surface area contributed by atoms with Gasteiger partial charge in [-0.05, 0) is 43.3 Å². The lowest BCUT2D eigenvalue weighted by atomic mass is 10.1. The fraction of sp³-hybridized carbons (Fsp3) is 0.118. The maximum absolute atomic E-state index is 12.4. The van der Waals surface area contributed by atoms with Crippen LogP contribution in [0, 0.1) is 6.92 Å². The van der Waals surface area contributed by atoms with Gasteiger partial charge in [0.15, 0.2) is 0 Å². The first-order valence-corrected chi connectivity index (χ1v) is 6.71. The van der Waals surface area contributed by atoms with Crippen molar-refractivity contribution in [1.82, 2.24) is 4.98 Å².